The third kappa shape index (κ3) is 3.27. The summed E-state index contributed by atoms with van der Waals surface area (Å²) >= 11 is 0. The molecule has 0 heterocycles. The molecule has 0 unspecified atom stereocenters. The van der Waals surface area contributed by atoms with Crippen molar-refractivity contribution in [3.05, 3.63) is 28.8 Å². The van der Waals surface area contributed by atoms with Gasteiger partial charge in [0.1, 0.15) is 5.75 Å². The second kappa shape index (κ2) is 4.82. The Morgan fingerprint density at radius 3 is 2.53 bits per heavy atom. The topological polar surface area (TPSA) is 57.5 Å². The van der Waals surface area contributed by atoms with Gasteiger partial charge in [0.05, 0.1) is 0 Å². The van der Waals surface area contributed by atoms with Crippen LogP contribution in [-0.2, 0) is 11.2 Å². The van der Waals surface area contributed by atoms with E-state index in [-0.39, 0.29) is 12.2 Å². The van der Waals surface area contributed by atoms with Crippen molar-refractivity contribution in [1.29, 1.82) is 0 Å². The first kappa shape index (κ1) is 11.6. The molecular formula is C12H16O3. The third-order valence-electron chi connectivity index (χ3n) is 2.49. The fourth-order valence-corrected chi connectivity index (χ4v) is 1.58. The fraction of sp³-hybridized carbons (Fsp3) is 0.417. The zero-order valence-corrected chi connectivity index (χ0v) is 9.08. The highest BCUT2D eigenvalue weighted by atomic mass is 16.4. The second-order valence-electron chi connectivity index (χ2n) is 3.81. The summed E-state index contributed by atoms with van der Waals surface area (Å²) in [7, 11) is 0. The van der Waals surface area contributed by atoms with Gasteiger partial charge in [0.25, 0.3) is 0 Å². The number of aromatic hydroxyl groups is 1. The highest BCUT2D eigenvalue weighted by molar-refractivity contribution is 5.66. The number of carbonyl (C=O) groups is 1. The minimum Gasteiger partial charge on any atom is -0.508 e. The van der Waals surface area contributed by atoms with E-state index >= 15 is 0 Å². The first-order valence-electron chi connectivity index (χ1n) is 5.01. The lowest BCUT2D eigenvalue weighted by atomic mass is 10.00. The van der Waals surface area contributed by atoms with Crippen LogP contribution in [0, 0.1) is 13.8 Å². The second-order valence-corrected chi connectivity index (χ2v) is 3.81. The van der Waals surface area contributed by atoms with Crippen molar-refractivity contribution in [1.82, 2.24) is 0 Å². The minimum absolute atomic E-state index is 0.175. The van der Waals surface area contributed by atoms with Crippen LogP contribution in [0.25, 0.3) is 0 Å². The molecule has 0 bridgehead atoms. The summed E-state index contributed by atoms with van der Waals surface area (Å²) < 4.78 is 0. The van der Waals surface area contributed by atoms with Crippen molar-refractivity contribution < 1.29 is 15.0 Å². The number of hydrogen-bond donors (Lipinski definition) is 2. The maximum Gasteiger partial charge on any atom is 0.303 e. The number of phenolic OH excluding ortho intramolecular Hbond substituents is 1. The van der Waals surface area contributed by atoms with E-state index in [4.69, 9.17) is 5.11 Å². The number of rotatable bonds is 4. The number of aryl methyl sites for hydroxylation is 3. The van der Waals surface area contributed by atoms with Gasteiger partial charge in [-0.25, -0.2) is 0 Å². The number of carboxylic acid groups (broad SMARTS) is 1. The van der Waals surface area contributed by atoms with Gasteiger partial charge in [-0.2, -0.15) is 0 Å². The minimum atomic E-state index is -0.774. The number of benzene rings is 1. The van der Waals surface area contributed by atoms with Crippen molar-refractivity contribution in [3.8, 4) is 5.75 Å². The molecule has 0 fully saturated rings. The summed E-state index contributed by atoms with van der Waals surface area (Å²) in [4.78, 5) is 10.3. The molecule has 1 aromatic carbocycles. The maximum atomic E-state index is 10.3. The molecule has 0 radical (unpaired) electrons. The number of aliphatic carboxylic acids is 1. The summed E-state index contributed by atoms with van der Waals surface area (Å²) in [5.41, 5.74) is 2.99. The monoisotopic (exact) mass is 208 g/mol. The van der Waals surface area contributed by atoms with E-state index in [1.807, 2.05) is 19.9 Å². The molecule has 1 rings (SSSR count). The van der Waals surface area contributed by atoms with Gasteiger partial charge >= 0.3 is 5.97 Å². The molecular weight excluding hydrogens is 192 g/mol. The Morgan fingerprint density at radius 1 is 1.27 bits per heavy atom. The van der Waals surface area contributed by atoms with Crippen LogP contribution >= 0.6 is 0 Å². The van der Waals surface area contributed by atoms with Gasteiger partial charge in [0.15, 0.2) is 0 Å². The lowest BCUT2D eigenvalue weighted by molar-refractivity contribution is -0.137. The molecule has 0 atom stereocenters. The molecule has 0 amide bonds. The first-order valence-corrected chi connectivity index (χ1v) is 5.01. The average molecular weight is 208 g/mol. The van der Waals surface area contributed by atoms with Crippen LogP contribution in [0.3, 0.4) is 0 Å². The van der Waals surface area contributed by atoms with Gasteiger partial charge in [0.2, 0.25) is 0 Å². The molecule has 1 aromatic rings. The van der Waals surface area contributed by atoms with E-state index in [0.717, 1.165) is 16.7 Å². The number of hydrogen-bond acceptors (Lipinski definition) is 2. The quantitative estimate of drug-likeness (QED) is 0.798. The Morgan fingerprint density at radius 2 is 1.93 bits per heavy atom. The van der Waals surface area contributed by atoms with Crippen molar-refractivity contribution in [2.45, 2.75) is 33.1 Å². The Balaban J connectivity index is 2.69. The molecule has 3 nitrogen and oxygen atoms in total. The van der Waals surface area contributed by atoms with Crippen molar-refractivity contribution in [2.75, 3.05) is 0 Å². The van der Waals surface area contributed by atoms with Gasteiger partial charge in [0, 0.05) is 6.42 Å². The molecule has 0 aromatic heterocycles. The molecule has 0 aliphatic rings. The van der Waals surface area contributed by atoms with E-state index in [9.17, 15) is 9.90 Å². The molecule has 0 spiro atoms. The van der Waals surface area contributed by atoms with Gasteiger partial charge in [-0.3, -0.25) is 4.79 Å². The van der Waals surface area contributed by atoms with Crippen molar-refractivity contribution in [2.24, 2.45) is 0 Å². The van der Waals surface area contributed by atoms with Crippen LogP contribution < -0.4 is 0 Å². The van der Waals surface area contributed by atoms with Crippen LogP contribution in [0.15, 0.2) is 12.1 Å². The Hall–Kier alpha value is -1.51. The summed E-state index contributed by atoms with van der Waals surface area (Å²) in [6.07, 6.45) is 1.48. The summed E-state index contributed by atoms with van der Waals surface area (Å²) in [6.45, 7) is 3.83. The predicted molar refractivity (Wildman–Crippen MR) is 58.2 cm³/mol. The van der Waals surface area contributed by atoms with Gasteiger partial charge < -0.3 is 10.2 Å². The Kier molecular flexibility index (Phi) is 3.72. The molecule has 0 saturated heterocycles. The van der Waals surface area contributed by atoms with Crippen LogP contribution in [0.1, 0.15) is 29.5 Å². The summed E-state index contributed by atoms with van der Waals surface area (Å²) in [5, 5.41) is 18.0. The molecule has 0 aliphatic heterocycles. The van der Waals surface area contributed by atoms with E-state index in [0.29, 0.717) is 12.8 Å². The molecule has 3 heteroatoms. The van der Waals surface area contributed by atoms with Crippen LogP contribution in [0.2, 0.25) is 0 Å². The van der Waals surface area contributed by atoms with Gasteiger partial charge in [-0.15, -0.1) is 0 Å². The molecule has 0 aliphatic carbocycles. The molecule has 82 valence electrons. The predicted octanol–water partition coefficient (Wildman–Crippen LogP) is 2.42. The van der Waals surface area contributed by atoms with Crippen LogP contribution in [0.4, 0.5) is 0 Å². The summed E-state index contributed by atoms with van der Waals surface area (Å²) in [5.74, 6) is -0.491. The van der Waals surface area contributed by atoms with Crippen molar-refractivity contribution in [3.63, 3.8) is 0 Å². The van der Waals surface area contributed by atoms with Crippen LogP contribution in [0.5, 0.6) is 5.75 Å². The summed E-state index contributed by atoms with van der Waals surface area (Å²) in [6, 6.07) is 3.65. The zero-order valence-electron chi connectivity index (χ0n) is 9.08. The maximum absolute atomic E-state index is 10.3. The fourth-order valence-electron chi connectivity index (χ4n) is 1.58. The Labute approximate surface area is 89.4 Å². The SMILES string of the molecule is Cc1cc(C)c(CCCC(=O)O)cc1O. The standard InChI is InChI=1S/C12H16O3/c1-8-6-9(2)11(13)7-10(8)4-3-5-12(14)15/h6-7,13H,3-5H2,1-2H3,(H,14,15). The van der Waals surface area contributed by atoms with Crippen molar-refractivity contribution >= 4 is 5.97 Å². The van der Waals surface area contributed by atoms with E-state index in [1.165, 1.54) is 0 Å². The highest BCUT2D eigenvalue weighted by Gasteiger charge is 2.04. The Bertz CT molecular complexity index is 369. The molecule has 2 N–H and O–H groups in total. The number of carboxylic acids is 1. The lowest BCUT2D eigenvalue weighted by Crippen LogP contribution is -1.97. The van der Waals surface area contributed by atoms with E-state index in [1.54, 1.807) is 6.07 Å². The first-order chi connectivity index (χ1) is 7.00. The van der Waals surface area contributed by atoms with Gasteiger partial charge in [-0.05, 0) is 49.4 Å². The van der Waals surface area contributed by atoms with Gasteiger partial charge in [-0.1, -0.05) is 6.07 Å². The third-order valence-corrected chi connectivity index (χ3v) is 2.49. The van der Waals surface area contributed by atoms with E-state index in [2.05, 4.69) is 0 Å². The van der Waals surface area contributed by atoms with Crippen LogP contribution in [-0.4, -0.2) is 16.2 Å². The zero-order chi connectivity index (χ0) is 11.4. The lowest BCUT2D eigenvalue weighted by Gasteiger charge is -2.07. The smallest absolute Gasteiger partial charge is 0.303 e. The molecule has 0 saturated carbocycles. The highest BCUT2D eigenvalue weighted by Crippen LogP contribution is 2.22. The number of phenols is 1. The largest absolute Gasteiger partial charge is 0.508 e. The average Bonchev–Trinajstić information content (AvgIpc) is 2.13. The normalized spacial score (nSPS) is 10.3. The van der Waals surface area contributed by atoms with E-state index < -0.39 is 5.97 Å². The molecule has 15 heavy (non-hydrogen) atoms.